The topological polar surface area (TPSA) is 90.2 Å². The summed E-state index contributed by atoms with van der Waals surface area (Å²) < 4.78 is 5.43. The molecule has 18 heavy (non-hydrogen) atoms. The third-order valence-electron chi connectivity index (χ3n) is 3.58. The Morgan fingerprint density at radius 3 is 2.06 bits per heavy atom. The molecule has 5 atom stereocenters. The molecule has 1 aliphatic heterocycles. The zero-order valence-electron chi connectivity index (χ0n) is 11.0. The van der Waals surface area contributed by atoms with Crippen molar-refractivity contribution in [1.82, 2.24) is 0 Å². The van der Waals surface area contributed by atoms with Gasteiger partial charge in [0.15, 0.2) is 0 Å². The summed E-state index contributed by atoms with van der Waals surface area (Å²) in [5.41, 5.74) is 0. The molecule has 1 fully saturated rings. The standard InChI is InChI=1S/C13H26O5/c1-2-3-4-5-6-7-9-11(15)13(17)12(16)10(8-14)18-9/h9-17H,2-8H2,1H3/t9?,10-,11+,12-,13-/m1/s1. The molecule has 1 aliphatic rings. The average Bonchev–Trinajstić information content (AvgIpc) is 2.38. The molecule has 5 nitrogen and oxygen atoms in total. The Balaban J connectivity index is 2.35. The third kappa shape index (κ3) is 4.17. The van der Waals surface area contributed by atoms with Crippen LogP contribution in [0.1, 0.15) is 45.4 Å². The Kier molecular flexibility index (Phi) is 7.11. The van der Waals surface area contributed by atoms with Crippen molar-refractivity contribution < 1.29 is 25.2 Å². The van der Waals surface area contributed by atoms with Crippen molar-refractivity contribution in [3.63, 3.8) is 0 Å². The van der Waals surface area contributed by atoms with Crippen molar-refractivity contribution in [1.29, 1.82) is 0 Å². The molecular formula is C13H26O5. The summed E-state index contributed by atoms with van der Waals surface area (Å²) in [6.45, 7) is 1.80. The van der Waals surface area contributed by atoms with Crippen LogP contribution in [0.3, 0.4) is 0 Å². The van der Waals surface area contributed by atoms with Gasteiger partial charge in [0.1, 0.15) is 24.4 Å². The van der Waals surface area contributed by atoms with Gasteiger partial charge in [-0.3, -0.25) is 0 Å². The molecule has 0 saturated carbocycles. The van der Waals surface area contributed by atoms with Crippen LogP contribution < -0.4 is 0 Å². The largest absolute Gasteiger partial charge is 0.394 e. The Hall–Kier alpha value is -0.200. The van der Waals surface area contributed by atoms with E-state index in [-0.39, 0.29) is 6.61 Å². The van der Waals surface area contributed by atoms with E-state index in [1.54, 1.807) is 0 Å². The number of aliphatic hydroxyl groups is 4. The zero-order valence-corrected chi connectivity index (χ0v) is 11.0. The molecule has 0 aromatic carbocycles. The average molecular weight is 262 g/mol. The molecule has 108 valence electrons. The third-order valence-corrected chi connectivity index (χ3v) is 3.58. The maximum atomic E-state index is 9.81. The quantitative estimate of drug-likeness (QED) is 0.492. The molecule has 0 amide bonds. The Morgan fingerprint density at radius 2 is 1.44 bits per heavy atom. The van der Waals surface area contributed by atoms with Gasteiger partial charge in [-0.25, -0.2) is 0 Å². The van der Waals surface area contributed by atoms with E-state index in [9.17, 15) is 15.3 Å². The first-order chi connectivity index (χ1) is 8.61. The van der Waals surface area contributed by atoms with Crippen LogP contribution >= 0.6 is 0 Å². The van der Waals surface area contributed by atoms with Crippen LogP contribution in [-0.2, 0) is 4.74 Å². The highest BCUT2D eigenvalue weighted by Crippen LogP contribution is 2.24. The van der Waals surface area contributed by atoms with E-state index in [1.165, 1.54) is 12.8 Å². The van der Waals surface area contributed by atoms with Gasteiger partial charge in [0.2, 0.25) is 0 Å². The van der Waals surface area contributed by atoms with Crippen LogP contribution in [0.5, 0.6) is 0 Å². The van der Waals surface area contributed by atoms with Crippen molar-refractivity contribution in [2.45, 2.75) is 76.0 Å². The van der Waals surface area contributed by atoms with E-state index in [2.05, 4.69) is 6.92 Å². The predicted molar refractivity (Wildman–Crippen MR) is 67.1 cm³/mol. The van der Waals surface area contributed by atoms with Gasteiger partial charge in [-0.05, 0) is 6.42 Å². The molecule has 1 saturated heterocycles. The van der Waals surface area contributed by atoms with Gasteiger partial charge < -0.3 is 25.2 Å². The SMILES string of the molecule is CCCCCCCC1O[C@H](CO)[C@@H](O)[C@H](O)[C@H]1O. The fourth-order valence-electron chi connectivity index (χ4n) is 2.37. The first-order valence-corrected chi connectivity index (χ1v) is 6.92. The van der Waals surface area contributed by atoms with E-state index < -0.39 is 30.5 Å². The van der Waals surface area contributed by atoms with Gasteiger partial charge in [-0.1, -0.05) is 39.0 Å². The van der Waals surface area contributed by atoms with E-state index >= 15 is 0 Å². The van der Waals surface area contributed by atoms with Crippen molar-refractivity contribution in [2.75, 3.05) is 6.61 Å². The Bertz CT molecular complexity index is 221. The molecule has 0 aliphatic carbocycles. The van der Waals surface area contributed by atoms with Crippen LogP contribution in [0.2, 0.25) is 0 Å². The Morgan fingerprint density at radius 1 is 0.833 bits per heavy atom. The molecule has 1 rings (SSSR count). The summed E-state index contributed by atoms with van der Waals surface area (Å²) in [4.78, 5) is 0. The van der Waals surface area contributed by atoms with Gasteiger partial charge in [0.25, 0.3) is 0 Å². The summed E-state index contributed by atoms with van der Waals surface area (Å²) in [6, 6.07) is 0. The molecular weight excluding hydrogens is 236 g/mol. The Labute approximate surface area is 108 Å². The van der Waals surface area contributed by atoms with Crippen molar-refractivity contribution in [3.8, 4) is 0 Å². The van der Waals surface area contributed by atoms with Crippen LogP contribution in [0.15, 0.2) is 0 Å². The summed E-state index contributed by atoms with van der Waals surface area (Å²) in [5.74, 6) is 0. The van der Waals surface area contributed by atoms with E-state index in [1.807, 2.05) is 0 Å². The second-order valence-electron chi connectivity index (χ2n) is 5.07. The second kappa shape index (κ2) is 8.07. The summed E-state index contributed by atoms with van der Waals surface area (Å²) >= 11 is 0. The molecule has 0 aromatic rings. The summed E-state index contributed by atoms with van der Waals surface area (Å²) in [6.07, 6.45) is 1.34. The van der Waals surface area contributed by atoms with Crippen molar-refractivity contribution in [3.05, 3.63) is 0 Å². The van der Waals surface area contributed by atoms with Crippen LogP contribution in [0, 0.1) is 0 Å². The lowest BCUT2D eigenvalue weighted by Gasteiger charge is -2.40. The van der Waals surface area contributed by atoms with Crippen molar-refractivity contribution >= 4 is 0 Å². The fourth-order valence-corrected chi connectivity index (χ4v) is 2.37. The van der Waals surface area contributed by atoms with Crippen LogP contribution in [-0.4, -0.2) is 57.6 Å². The molecule has 0 aromatic heterocycles. The minimum Gasteiger partial charge on any atom is -0.394 e. The van der Waals surface area contributed by atoms with E-state index in [0.717, 1.165) is 19.3 Å². The number of unbranched alkanes of at least 4 members (excludes halogenated alkanes) is 4. The molecule has 1 unspecified atom stereocenters. The van der Waals surface area contributed by atoms with Crippen LogP contribution in [0.25, 0.3) is 0 Å². The monoisotopic (exact) mass is 262 g/mol. The van der Waals surface area contributed by atoms with Gasteiger partial charge in [-0.15, -0.1) is 0 Å². The zero-order chi connectivity index (χ0) is 13.5. The maximum Gasteiger partial charge on any atom is 0.111 e. The summed E-state index contributed by atoms with van der Waals surface area (Å²) in [5, 5.41) is 38.1. The fraction of sp³-hybridized carbons (Fsp3) is 1.00. The van der Waals surface area contributed by atoms with Gasteiger partial charge in [0, 0.05) is 0 Å². The highest BCUT2D eigenvalue weighted by molar-refractivity contribution is 4.91. The molecule has 0 spiro atoms. The van der Waals surface area contributed by atoms with Gasteiger partial charge in [0.05, 0.1) is 12.7 Å². The highest BCUT2D eigenvalue weighted by Gasteiger charge is 2.42. The number of hydrogen-bond donors (Lipinski definition) is 4. The number of ether oxygens (including phenoxy) is 1. The first-order valence-electron chi connectivity index (χ1n) is 6.92. The molecule has 0 bridgehead atoms. The molecule has 1 heterocycles. The summed E-state index contributed by atoms with van der Waals surface area (Å²) in [7, 11) is 0. The molecule has 5 heteroatoms. The van der Waals surface area contributed by atoms with Gasteiger partial charge in [-0.2, -0.15) is 0 Å². The number of hydrogen-bond acceptors (Lipinski definition) is 5. The number of aliphatic hydroxyl groups excluding tert-OH is 4. The predicted octanol–water partition coefficient (Wildman–Crippen LogP) is 0.189. The normalized spacial score (nSPS) is 36.8. The minimum absolute atomic E-state index is 0.350. The smallest absolute Gasteiger partial charge is 0.111 e. The lowest BCUT2D eigenvalue weighted by atomic mass is 9.92. The highest BCUT2D eigenvalue weighted by atomic mass is 16.5. The minimum atomic E-state index is -1.24. The van der Waals surface area contributed by atoms with E-state index in [4.69, 9.17) is 9.84 Å². The molecule has 4 N–H and O–H groups in total. The van der Waals surface area contributed by atoms with E-state index in [0.29, 0.717) is 6.42 Å². The van der Waals surface area contributed by atoms with Gasteiger partial charge >= 0.3 is 0 Å². The lowest BCUT2D eigenvalue weighted by molar-refractivity contribution is -0.230. The van der Waals surface area contributed by atoms with Crippen LogP contribution in [0.4, 0.5) is 0 Å². The first kappa shape index (κ1) is 15.9. The second-order valence-corrected chi connectivity index (χ2v) is 5.07. The van der Waals surface area contributed by atoms with Crippen molar-refractivity contribution in [2.24, 2.45) is 0 Å². The lowest BCUT2D eigenvalue weighted by Crippen LogP contribution is -2.58. The maximum absolute atomic E-state index is 9.81. The molecule has 0 radical (unpaired) electrons. The number of rotatable bonds is 7.